The molecule has 0 saturated heterocycles. The minimum atomic E-state index is 0.0561. The van der Waals surface area contributed by atoms with Gasteiger partial charge in [0.05, 0.1) is 23.6 Å². The van der Waals surface area contributed by atoms with E-state index < -0.39 is 0 Å². The van der Waals surface area contributed by atoms with Gasteiger partial charge < -0.3 is 4.57 Å². The second-order valence-electron chi connectivity index (χ2n) is 7.13. The molecule has 0 bridgehead atoms. The van der Waals surface area contributed by atoms with Crippen LogP contribution in [0.3, 0.4) is 0 Å². The number of rotatable bonds is 5. The van der Waals surface area contributed by atoms with E-state index in [1.807, 2.05) is 54.6 Å². The Hall–Kier alpha value is -3.58. The van der Waals surface area contributed by atoms with E-state index >= 15 is 0 Å². The van der Waals surface area contributed by atoms with Crippen molar-refractivity contribution in [2.45, 2.75) is 19.5 Å². The molecule has 6 nitrogen and oxygen atoms in total. The highest BCUT2D eigenvalue weighted by molar-refractivity contribution is 7.71. The number of aromatic nitrogens is 6. The summed E-state index contributed by atoms with van der Waals surface area (Å²) in [5.41, 5.74) is 3.96. The summed E-state index contributed by atoms with van der Waals surface area (Å²) in [7, 11) is 0. The zero-order chi connectivity index (χ0) is 20.5. The number of imidazole rings is 1. The monoisotopic (exact) mass is 412 g/mol. The summed E-state index contributed by atoms with van der Waals surface area (Å²) in [5, 5.41) is 7.53. The topological polar surface area (TPSA) is 64.3 Å². The fourth-order valence-electron chi connectivity index (χ4n) is 3.80. The highest BCUT2D eigenvalue weighted by Crippen LogP contribution is 2.26. The number of hydrogen-bond acceptors (Lipinski definition) is 4. The predicted molar refractivity (Wildman–Crippen MR) is 120 cm³/mol. The van der Waals surface area contributed by atoms with Gasteiger partial charge in [-0.3, -0.25) is 14.6 Å². The lowest BCUT2D eigenvalue weighted by molar-refractivity contribution is 0.580. The molecule has 0 radical (unpaired) electrons. The highest BCUT2D eigenvalue weighted by Gasteiger charge is 2.19. The molecule has 3 heterocycles. The van der Waals surface area contributed by atoms with Crippen LogP contribution in [0.1, 0.15) is 24.4 Å². The van der Waals surface area contributed by atoms with E-state index in [-0.39, 0.29) is 6.04 Å². The van der Waals surface area contributed by atoms with Crippen LogP contribution in [0.15, 0.2) is 79.0 Å². The Bertz CT molecular complexity index is 1350. The van der Waals surface area contributed by atoms with E-state index in [1.165, 1.54) is 5.56 Å². The number of nitrogens with zero attached hydrogens (tertiary/aromatic N) is 5. The third-order valence-electron chi connectivity index (χ3n) is 5.29. The number of hydrogen-bond donors (Lipinski definition) is 1. The van der Waals surface area contributed by atoms with Gasteiger partial charge in [0.1, 0.15) is 5.69 Å². The zero-order valence-corrected chi connectivity index (χ0v) is 17.3. The molecular weight excluding hydrogens is 392 g/mol. The molecule has 0 fully saturated rings. The summed E-state index contributed by atoms with van der Waals surface area (Å²) >= 11 is 5.57. The molecule has 0 aliphatic rings. The summed E-state index contributed by atoms with van der Waals surface area (Å²) in [5.74, 6) is 1.65. The van der Waals surface area contributed by atoms with Gasteiger partial charge in [-0.2, -0.15) is 5.10 Å². The van der Waals surface area contributed by atoms with Crippen molar-refractivity contribution in [3.8, 4) is 11.5 Å². The van der Waals surface area contributed by atoms with Gasteiger partial charge in [0.15, 0.2) is 16.4 Å². The van der Waals surface area contributed by atoms with Crippen molar-refractivity contribution in [3.63, 3.8) is 0 Å². The molecule has 1 N–H and O–H groups in total. The predicted octanol–water partition coefficient (Wildman–Crippen LogP) is 5.01. The average Bonchev–Trinajstić information content (AvgIpc) is 3.35. The minimum Gasteiger partial charge on any atom is -0.315 e. The van der Waals surface area contributed by atoms with Crippen LogP contribution in [0.5, 0.6) is 0 Å². The molecule has 7 heteroatoms. The van der Waals surface area contributed by atoms with Gasteiger partial charge in [0.25, 0.3) is 0 Å². The summed E-state index contributed by atoms with van der Waals surface area (Å²) < 4.78 is 4.82. The van der Waals surface area contributed by atoms with Crippen molar-refractivity contribution in [3.05, 3.63) is 95.2 Å². The van der Waals surface area contributed by atoms with Crippen molar-refractivity contribution >= 4 is 23.3 Å². The molecule has 0 saturated carbocycles. The lowest BCUT2D eigenvalue weighted by Crippen LogP contribution is -2.14. The van der Waals surface area contributed by atoms with Gasteiger partial charge in [-0.05, 0) is 49.0 Å². The van der Waals surface area contributed by atoms with Crippen LogP contribution in [0.2, 0.25) is 0 Å². The van der Waals surface area contributed by atoms with Crippen molar-refractivity contribution in [1.29, 1.82) is 0 Å². The molecule has 0 spiro atoms. The quantitative estimate of drug-likeness (QED) is 0.412. The van der Waals surface area contributed by atoms with Gasteiger partial charge in [0.2, 0.25) is 0 Å². The van der Waals surface area contributed by atoms with Crippen LogP contribution in [-0.4, -0.2) is 29.3 Å². The first-order valence-electron chi connectivity index (χ1n) is 9.80. The Morgan fingerprint density at radius 1 is 0.967 bits per heavy atom. The van der Waals surface area contributed by atoms with Gasteiger partial charge in [-0.25, -0.2) is 4.98 Å². The fourth-order valence-corrected chi connectivity index (χ4v) is 4.11. The Morgan fingerprint density at radius 2 is 1.73 bits per heavy atom. The number of fused-ring (bicyclic) bond motifs is 1. The van der Waals surface area contributed by atoms with Crippen molar-refractivity contribution < 1.29 is 0 Å². The van der Waals surface area contributed by atoms with Crippen LogP contribution in [0.25, 0.3) is 22.6 Å². The smallest absolute Gasteiger partial charge is 0.195 e. The van der Waals surface area contributed by atoms with Crippen LogP contribution in [0.4, 0.5) is 0 Å². The maximum atomic E-state index is 5.57. The zero-order valence-electron chi connectivity index (χ0n) is 16.4. The first kappa shape index (κ1) is 18.4. The highest BCUT2D eigenvalue weighted by atomic mass is 32.1. The molecule has 5 aromatic rings. The third kappa shape index (κ3) is 3.23. The van der Waals surface area contributed by atoms with E-state index in [9.17, 15) is 0 Å². The summed E-state index contributed by atoms with van der Waals surface area (Å²) in [6, 6.07) is 24.3. The number of aromatic amines is 1. The molecule has 0 amide bonds. The summed E-state index contributed by atoms with van der Waals surface area (Å²) in [6.07, 6.45) is 1.78. The van der Waals surface area contributed by atoms with Crippen LogP contribution in [-0.2, 0) is 6.54 Å². The van der Waals surface area contributed by atoms with Gasteiger partial charge in [-0.15, -0.1) is 0 Å². The molecule has 0 unspecified atom stereocenters. The van der Waals surface area contributed by atoms with Crippen molar-refractivity contribution in [1.82, 2.24) is 29.3 Å². The lowest BCUT2D eigenvalue weighted by atomic mass is 10.1. The standard InChI is InChI=1S/C23H20N6S/c1-16(17-9-3-2-4-10-17)29-21(26-27-23(29)30)15-28-20-13-6-5-11-18(20)25-22(28)19-12-7-8-14-24-19/h2-14,16H,15H2,1H3,(H,27,30)/t16-/m0/s1. The van der Waals surface area contributed by atoms with E-state index in [0.717, 1.165) is 28.4 Å². The summed E-state index contributed by atoms with van der Waals surface area (Å²) in [6.45, 7) is 2.66. The Morgan fingerprint density at radius 3 is 2.53 bits per heavy atom. The fraction of sp³-hybridized carbons (Fsp3) is 0.130. The van der Waals surface area contributed by atoms with E-state index in [2.05, 4.69) is 49.4 Å². The Kier molecular flexibility index (Phi) is 4.72. The lowest BCUT2D eigenvalue weighted by Gasteiger charge is -2.17. The second kappa shape index (κ2) is 7.68. The first-order chi connectivity index (χ1) is 14.7. The van der Waals surface area contributed by atoms with E-state index in [4.69, 9.17) is 17.2 Å². The van der Waals surface area contributed by atoms with Gasteiger partial charge >= 0.3 is 0 Å². The Labute approximate surface area is 178 Å². The Balaban J connectivity index is 1.64. The third-order valence-corrected chi connectivity index (χ3v) is 5.58. The molecule has 2 aromatic carbocycles. The minimum absolute atomic E-state index is 0.0561. The maximum absolute atomic E-state index is 5.57. The molecule has 1 atom stereocenters. The SMILES string of the molecule is C[C@@H](c1ccccc1)n1c(Cn2c(-c3ccccn3)nc3ccccc32)n[nH]c1=S. The average molecular weight is 413 g/mol. The number of H-pyrrole nitrogens is 1. The summed E-state index contributed by atoms with van der Waals surface area (Å²) in [4.78, 5) is 9.36. The number of nitrogens with one attached hydrogen (secondary N) is 1. The largest absolute Gasteiger partial charge is 0.315 e. The van der Waals surface area contributed by atoms with Gasteiger partial charge in [0, 0.05) is 6.20 Å². The molecule has 0 aliphatic carbocycles. The normalized spacial score (nSPS) is 12.3. The second-order valence-corrected chi connectivity index (χ2v) is 7.51. The molecule has 30 heavy (non-hydrogen) atoms. The molecule has 0 aliphatic heterocycles. The number of para-hydroxylation sites is 2. The number of pyridine rings is 1. The van der Waals surface area contributed by atoms with E-state index in [0.29, 0.717) is 11.3 Å². The van der Waals surface area contributed by atoms with Crippen LogP contribution in [0, 0.1) is 4.77 Å². The van der Waals surface area contributed by atoms with Crippen LogP contribution >= 0.6 is 12.2 Å². The molecular formula is C23H20N6S. The molecule has 5 rings (SSSR count). The maximum Gasteiger partial charge on any atom is 0.195 e. The molecule has 148 valence electrons. The van der Waals surface area contributed by atoms with Crippen LogP contribution < -0.4 is 0 Å². The number of benzene rings is 2. The molecule has 3 aromatic heterocycles. The van der Waals surface area contributed by atoms with Crippen molar-refractivity contribution in [2.24, 2.45) is 0 Å². The van der Waals surface area contributed by atoms with E-state index in [1.54, 1.807) is 6.20 Å². The van der Waals surface area contributed by atoms with Gasteiger partial charge in [-0.1, -0.05) is 48.5 Å². The van der Waals surface area contributed by atoms with Crippen molar-refractivity contribution in [2.75, 3.05) is 0 Å². The first-order valence-corrected chi connectivity index (χ1v) is 10.2.